The Morgan fingerprint density at radius 2 is 2.00 bits per heavy atom. The zero-order valence-corrected chi connectivity index (χ0v) is 10.7. The molecule has 0 bridgehead atoms. The number of aromatic nitrogens is 1. The molecule has 1 N–H and O–H groups in total. The van der Waals surface area contributed by atoms with Crippen LogP contribution in [0.1, 0.15) is 25.6 Å². The van der Waals surface area contributed by atoms with Gasteiger partial charge in [0.25, 0.3) is 0 Å². The molecule has 0 spiro atoms. The molecule has 94 valence electrons. The average molecular weight is 243 g/mol. The van der Waals surface area contributed by atoms with Crippen LogP contribution in [0.15, 0.2) is 18.3 Å². The number of rotatable bonds is 6. The summed E-state index contributed by atoms with van der Waals surface area (Å²) in [6.07, 6.45) is 1.71. The van der Waals surface area contributed by atoms with Gasteiger partial charge in [-0.3, -0.25) is 4.98 Å². The number of hydrogen-bond donors (Lipinski definition) is 1. The molecule has 18 heavy (non-hydrogen) atoms. The van der Waals surface area contributed by atoms with Gasteiger partial charge in [-0.1, -0.05) is 6.92 Å². The Kier molecular flexibility index (Phi) is 5.63. The number of nitrogens with zero attached hydrogens (tertiary/aromatic N) is 4. The summed E-state index contributed by atoms with van der Waals surface area (Å²) in [5.74, 6) is 0. The summed E-state index contributed by atoms with van der Waals surface area (Å²) in [5, 5.41) is 20.7. The Bertz CT molecular complexity index is 424. The Morgan fingerprint density at radius 3 is 2.44 bits per heavy atom. The highest BCUT2D eigenvalue weighted by Gasteiger charge is 2.08. The molecule has 1 rings (SSSR count). The Morgan fingerprint density at radius 1 is 1.33 bits per heavy atom. The topological polar surface area (TPSA) is 75.7 Å². The highest BCUT2D eigenvalue weighted by molar-refractivity contribution is 5.46. The molecule has 0 saturated carbocycles. The first-order chi connectivity index (χ1) is 8.72. The molecule has 1 atom stereocenters. The zero-order valence-electron chi connectivity index (χ0n) is 10.7. The minimum atomic E-state index is 0.192. The molecule has 1 aromatic heterocycles. The van der Waals surface area contributed by atoms with Gasteiger partial charge in [0, 0.05) is 6.04 Å². The lowest BCUT2D eigenvalue weighted by Gasteiger charge is -2.18. The monoisotopic (exact) mass is 243 g/mol. The molecular weight excluding hydrogens is 226 g/mol. The van der Waals surface area contributed by atoms with E-state index in [1.165, 1.54) is 0 Å². The standard InChI is InChI=1S/C13H17N5/c1-3-16-11(2)13-5-4-12(10-17-13)18(8-6-14)9-7-15/h4-5,10-11,16H,3,8-9H2,1-2H3. The van der Waals surface area contributed by atoms with Crippen molar-refractivity contribution >= 4 is 5.69 Å². The van der Waals surface area contributed by atoms with Crippen molar-refractivity contribution in [2.45, 2.75) is 19.9 Å². The van der Waals surface area contributed by atoms with Crippen LogP contribution in [0.25, 0.3) is 0 Å². The lowest BCUT2D eigenvalue weighted by Crippen LogP contribution is -2.24. The number of nitrogens with one attached hydrogen (secondary N) is 1. The van der Waals surface area contributed by atoms with Crippen molar-refractivity contribution in [1.82, 2.24) is 10.3 Å². The van der Waals surface area contributed by atoms with Gasteiger partial charge in [-0.2, -0.15) is 10.5 Å². The Balaban J connectivity index is 2.81. The van der Waals surface area contributed by atoms with Crippen LogP contribution < -0.4 is 10.2 Å². The summed E-state index contributed by atoms with van der Waals surface area (Å²) in [7, 11) is 0. The van der Waals surface area contributed by atoms with Crippen LogP contribution >= 0.6 is 0 Å². The highest BCUT2D eigenvalue weighted by atomic mass is 15.1. The fourth-order valence-corrected chi connectivity index (χ4v) is 1.66. The number of anilines is 1. The van der Waals surface area contributed by atoms with Crippen molar-refractivity contribution in [3.05, 3.63) is 24.0 Å². The van der Waals surface area contributed by atoms with Crippen LogP contribution in [0.2, 0.25) is 0 Å². The van der Waals surface area contributed by atoms with Crippen molar-refractivity contribution in [3.8, 4) is 12.1 Å². The predicted octanol–water partition coefficient (Wildman–Crippen LogP) is 1.61. The van der Waals surface area contributed by atoms with E-state index in [1.54, 1.807) is 11.1 Å². The number of pyridine rings is 1. The second kappa shape index (κ2) is 7.26. The van der Waals surface area contributed by atoms with Gasteiger partial charge in [-0.15, -0.1) is 0 Å². The minimum absolute atomic E-state index is 0.192. The normalized spacial score (nSPS) is 11.3. The molecule has 0 aromatic carbocycles. The maximum Gasteiger partial charge on any atom is 0.107 e. The van der Waals surface area contributed by atoms with Crippen molar-refractivity contribution < 1.29 is 0 Å². The molecule has 1 unspecified atom stereocenters. The third kappa shape index (κ3) is 3.73. The van der Waals surface area contributed by atoms with Gasteiger partial charge in [0.15, 0.2) is 0 Å². The molecule has 1 aromatic rings. The second-order valence-corrected chi connectivity index (χ2v) is 3.89. The molecule has 0 aliphatic heterocycles. The maximum atomic E-state index is 8.71. The minimum Gasteiger partial charge on any atom is -0.344 e. The third-order valence-corrected chi connectivity index (χ3v) is 2.61. The van der Waals surface area contributed by atoms with E-state index in [4.69, 9.17) is 10.5 Å². The van der Waals surface area contributed by atoms with Gasteiger partial charge < -0.3 is 10.2 Å². The largest absolute Gasteiger partial charge is 0.344 e. The lowest BCUT2D eigenvalue weighted by atomic mass is 10.2. The van der Waals surface area contributed by atoms with Gasteiger partial charge in [0.2, 0.25) is 0 Å². The Labute approximate surface area is 108 Å². The van der Waals surface area contributed by atoms with E-state index >= 15 is 0 Å². The molecule has 5 nitrogen and oxygen atoms in total. The molecule has 0 radical (unpaired) electrons. The van der Waals surface area contributed by atoms with E-state index in [1.807, 2.05) is 38.1 Å². The first kappa shape index (κ1) is 14.0. The summed E-state index contributed by atoms with van der Waals surface area (Å²) in [4.78, 5) is 6.05. The van der Waals surface area contributed by atoms with Crippen LogP contribution in [-0.2, 0) is 0 Å². The van der Waals surface area contributed by atoms with Gasteiger partial charge in [-0.05, 0) is 25.6 Å². The molecule has 0 saturated heterocycles. The summed E-state index contributed by atoms with van der Waals surface area (Å²) in [6.45, 7) is 5.37. The van der Waals surface area contributed by atoms with Crippen LogP contribution in [0, 0.1) is 22.7 Å². The van der Waals surface area contributed by atoms with E-state index in [0.717, 1.165) is 17.9 Å². The fraction of sp³-hybridized carbons (Fsp3) is 0.462. The van der Waals surface area contributed by atoms with E-state index < -0.39 is 0 Å². The maximum absolute atomic E-state index is 8.71. The first-order valence-electron chi connectivity index (χ1n) is 5.91. The third-order valence-electron chi connectivity index (χ3n) is 2.61. The van der Waals surface area contributed by atoms with Gasteiger partial charge in [0.1, 0.15) is 13.1 Å². The number of hydrogen-bond acceptors (Lipinski definition) is 5. The van der Waals surface area contributed by atoms with E-state index in [9.17, 15) is 0 Å². The lowest BCUT2D eigenvalue weighted by molar-refractivity contribution is 0.583. The molecule has 1 heterocycles. The SMILES string of the molecule is CCNC(C)c1ccc(N(CC#N)CC#N)cn1. The quantitative estimate of drug-likeness (QED) is 0.768. The fourth-order valence-electron chi connectivity index (χ4n) is 1.66. The molecule has 5 heteroatoms. The predicted molar refractivity (Wildman–Crippen MR) is 69.8 cm³/mol. The molecule has 0 fully saturated rings. The van der Waals surface area contributed by atoms with E-state index in [-0.39, 0.29) is 19.1 Å². The average Bonchev–Trinajstić information content (AvgIpc) is 2.39. The van der Waals surface area contributed by atoms with Crippen molar-refractivity contribution in [2.24, 2.45) is 0 Å². The Hall–Kier alpha value is -2.11. The smallest absolute Gasteiger partial charge is 0.107 e. The second-order valence-electron chi connectivity index (χ2n) is 3.89. The van der Waals surface area contributed by atoms with Gasteiger partial charge >= 0.3 is 0 Å². The van der Waals surface area contributed by atoms with Crippen molar-refractivity contribution in [1.29, 1.82) is 10.5 Å². The summed E-state index contributed by atoms with van der Waals surface area (Å²) in [6, 6.07) is 8.10. The summed E-state index contributed by atoms with van der Waals surface area (Å²) < 4.78 is 0. The molecule has 0 aliphatic rings. The van der Waals surface area contributed by atoms with Crippen LogP contribution in [0.3, 0.4) is 0 Å². The van der Waals surface area contributed by atoms with Crippen LogP contribution in [-0.4, -0.2) is 24.6 Å². The zero-order chi connectivity index (χ0) is 13.4. The van der Waals surface area contributed by atoms with Gasteiger partial charge in [0.05, 0.1) is 29.7 Å². The number of nitriles is 2. The summed E-state index contributed by atoms with van der Waals surface area (Å²) >= 11 is 0. The van der Waals surface area contributed by atoms with Crippen molar-refractivity contribution in [2.75, 3.05) is 24.5 Å². The molecule has 0 aliphatic carbocycles. The van der Waals surface area contributed by atoms with Crippen molar-refractivity contribution in [3.63, 3.8) is 0 Å². The first-order valence-corrected chi connectivity index (χ1v) is 5.91. The van der Waals surface area contributed by atoms with Crippen LogP contribution in [0.5, 0.6) is 0 Å². The van der Waals surface area contributed by atoms with E-state index in [0.29, 0.717) is 0 Å². The van der Waals surface area contributed by atoms with E-state index in [2.05, 4.69) is 10.3 Å². The summed E-state index contributed by atoms with van der Waals surface area (Å²) in [5.41, 5.74) is 1.75. The molecular formula is C13H17N5. The van der Waals surface area contributed by atoms with Gasteiger partial charge in [-0.25, -0.2) is 0 Å². The van der Waals surface area contributed by atoms with Crippen LogP contribution in [0.4, 0.5) is 5.69 Å². The molecule has 0 amide bonds. The highest BCUT2D eigenvalue weighted by Crippen LogP contribution is 2.15.